The molecule has 0 fully saturated rings. The van der Waals surface area contributed by atoms with Crippen LogP contribution in [0.2, 0.25) is 5.02 Å². The summed E-state index contributed by atoms with van der Waals surface area (Å²) >= 11 is 6.11. The molecule has 0 aliphatic heterocycles. The van der Waals surface area contributed by atoms with Gasteiger partial charge in [0.25, 0.3) is 11.6 Å². The minimum Gasteiger partial charge on any atom is -0.375 e. The third kappa shape index (κ3) is 4.77. The van der Waals surface area contributed by atoms with Gasteiger partial charge in [-0.3, -0.25) is 25.8 Å². The van der Waals surface area contributed by atoms with Crippen molar-refractivity contribution in [2.75, 3.05) is 10.7 Å². The molecule has 142 valence electrons. The fourth-order valence-electron chi connectivity index (χ4n) is 2.53. The fourth-order valence-corrected chi connectivity index (χ4v) is 2.73. The molecule has 0 aliphatic carbocycles. The Hall–Kier alpha value is -3.58. The number of amides is 1. The summed E-state index contributed by atoms with van der Waals surface area (Å²) < 4.78 is 0. The topological polar surface area (TPSA) is 96.3 Å². The Kier molecular flexibility index (Phi) is 6.08. The predicted molar refractivity (Wildman–Crippen MR) is 109 cm³/mol. The van der Waals surface area contributed by atoms with Crippen LogP contribution in [0.3, 0.4) is 0 Å². The van der Waals surface area contributed by atoms with E-state index in [1.54, 1.807) is 18.2 Å². The van der Waals surface area contributed by atoms with E-state index in [0.717, 1.165) is 5.56 Å². The van der Waals surface area contributed by atoms with Gasteiger partial charge < -0.3 is 5.32 Å². The third-order valence-corrected chi connectivity index (χ3v) is 4.35. The summed E-state index contributed by atoms with van der Waals surface area (Å²) in [5.41, 5.74) is 7.06. The zero-order valence-electron chi connectivity index (χ0n) is 14.7. The Labute approximate surface area is 166 Å². The standard InChI is InChI=1S/C20H17ClN4O3/c21-17-9-5-4-6-15(17)13-22-18-11-10-14(12-19(18)25(27)28)20(26)24-23-16-7-2-1-3-8-16/h1-12,22-23H,13H2,(H,24,26). The lowest BCUT2D eigenvalue weighted by molar-refractivity contribution is -0.384. The third-order valence-electron chi connectivity index (χ3n) is 3.98. The number of nitro benzene ring substituents is 1. The first-order chi connectivity index (χ1) is 13.5. The van der Waals surface area contributed by atoms with Crippen molar-refractivity contribution in [3.8, 4) is 0 Å². The van der Waals surface area contributed by atoms with E-state index in [1.165, 1.54) is 18.2 Å². The zero-order valence-corrected chi connectivity index (χ0v) is 15.4. The lowest BCUT2D eigenvalue weighted by atomic mass is 10.1. The maximum Gasteiger partial charge on any atom is 0.293 e. The Morgan fingerprint density at radius 1 is 1.00 bits per heavy atom. The summed E-state index contributed by atoms with van der Waals surface area (Å²) in [5, 5.41) is 15.0. The number of para-hydroxylation sites is 1. The summed E-state index contributed by atoms with van der Waals surface area (Å²) in [4.78, 5) is 23.2. The lowest BCUT2D eigenvalue weighted by Crippen LogP contribution is -2.29. The van der Waals surface area contributed by atoms with E-state index in [2.05, 4.69) is 16.2 Å². The minimum absolute atomic E-state index is 0.165. The van der Waals surface area contributed by atoms with Crippen molar-refractivity contribution in [1.29, 1.82) is 0 Å². The lowest BCUT2D eigenvalue weighted by Gasteiger charge is -2.11. The molecule has 3 aromatic rings. The van der Waals surface area contributed by atoms with Crippen molar-refractivity contribution in [2.24, 2.45) is 0 Å². The molecule has 0 saturated carbocycles. The molecule has 0 spiro atoms. The van der Waals surface area contributed by atoms with Gasteiger partial charge in [-0.25, -0.2) is 0 Å². The van der Waals surface area contributed by atoms with Crippen molar-refractivity contribution < 1.29 is 9.72 Å². The van der Waals surface area contributed by atoms with Crippen molar-refractivity contribution >= 4 is 34.6 Å². The Bertz CT molecular complexity index is 996. The number of hydrogen-bond donors (Lipinski definition) is 3. The summed E-state index contributed by atoms with van der Waals surface area (Å²) in [6.45, 7) is 0.321. The van der Waals surface area contributed by atoms with Crippen LogP contribution >= 0.6 is 11.6 Å². The first kappa shape index (κ1) is 19.2. The second-order valence-corrected chi connectivity index (χ2v) is 6.29. The molecule has 7 nitrogen and oxygen atoms in total. The van der Waals surface area contributed by atoms with Gasteiger partial charge in [-0.05, 0) is 35.9 Å². The van der Waals surface area contributed by atoms with Crippen LogP contribution < -0.4 is 16.2 Å². The van der Waals surface area contributed by atoms with Crippen molar-refractivity contribution in [3.63, 3.8) is 0 Å². The van der Waals surface area contributed by atoms with Crippen LogP contribution in [0.1, 0.15) is 15.9 Å². The average Bonchev–Trinajstić information content (AvgIpc) is 2.72. The molecular formula is C20H17ClN4O3. The number of anilines is 2. The van der Waals surface area contributed by atoms with E-state index in [4.69, 9.17) is 11.6 Å². The quantitative estimate of drug-likeness (QED) is 0.400. The van der Waals surface area contributed by atoms with Crippen LogP contribution in [-0.4, -0.2) is 10.8 Å². The molecule has 1 amide bonds. The molecule has 8 heteroatoms. The van der Waals surface area contributed by atoms with Crippen molar-refractivity contribution in [3.05, 3.63) is 99.1 Å². The molecule has 0 heterocycles. The number of nitrogens with zero attached hydrogens (tertiary/aromatic N) is 1. The number of nitro groups is 1. The number of halogens is 1. The summed E-state index contributed by atoms with van der Waals surface area (Å²) in [5.74, 6) is -0.482. The van der Waals surface area contributed by atoms with E-state index >= 15 is 0 Å². The Balaban J connectivity index is 1.72. The van der Waals surface area contributed by atoms with E-state index in [-0.39, 0.29) is 11.3 Å². The van der Waals surface area contributed by atoms with Crippen LogP contribution in [0.15, 0.2) is 72.8 Å². The van der Waals surface area contributed by atoms with Gasteiger partial charge in [0.15, 0.2) is 0 Å². The van der Waals surface area contributed by atoms with Crippen LogP contribution in [0.4, 0.5) is 17.1 Å². The predicted octanol–water partition coefficient (Wildman–Crippen LogP) is 4.62. The normalized spacial score (nSPS) is 10.2. The van der Waals surface area contributed by atoms with Gasteiger partial charge in [0.2, 0.25) is 0 Å². The molecule has 0 saturated heterocycles. The molecule has 0 aromatic heterocycles. The number of hydrogen-bond acceptors (Lipinski definition) is 5. The maximum atomic E-state index is 12.3. The number of carbonyl (C=O) groups is 1. The van der Waals surface area contributed by atoms with Gasteiger partial charge in [0.05, 0.1) is 10.6 Å². The molecule has 0 bridgehead atoms. The van der Waals surface area contributed by atoms with Crippen molar-refractivity contribution in [2.45, 2.75) is 6.54 Å². The van der Waals surface area contributed by atoms with E-state index < -0.39 is 10.8 Å². The minimum atomic E-state index is -0.531. The van der Waals surface area contributed by atoms with Gasteiger partial charge in [-0.2, -0.15) is 0 Å². The summed E-state index contributed by atoms with van der Waals surface area (Å²) in [7, 11) is 0. The SMILES string of the molecule is O=C(NNc1ccccc1)c1ccc(NCc2ccccc2Cl)c([N+](=O)[O-])c1. The number of carbonyl (C=O) groups excluding carboxylic acids is 1. The van der Waals surface area contributed by atoms with Gasteiger partial charge in [-0.15, -0.1) is 0 Å². The molecule has 0 atom stereocenters. The molecule has 3 N–H and O–H groups in total. The summed E-state index contributed by atoms with van der Waals surface area (Å²) in [6.07, 6.45) is 0. The highest BCUT2D eigenvalue weighted by molar-refractivity contribution is 6.31. The molecule has 0 radical (unpaired) electrons. The number of rotatable bonds is 7. The molecule has 28 heavy (non-hydrogen) atoms. The number of hydrazine groups is 1. The van der Waals surface area contributed by atoms with Gasteiger partial charge in [-0.1, -0.05) is 48.0 Å². The van der Waals surface area contributed by atoms with E-state index in [0.29, 0.717) is 22.9 Å². The highest BCUT2D eigenvalue weighted by Gasteiger charge is 2.17. The molecule has 0 unspecified atom stereocenters. The van der Waals surface area contributed by atoms with Crippen LogP contribution in [0, 0.1) is 10.1 Å². The number of benzene rings is 3. The second-order valence-electron chi connectivity index (χ2n) is 5.88. The van der Waals surface area contributed by atoms with Gasteiger partial charge in [0.1, 0.15) is 5.69 Å². The molecular weight excluding hydrogens is 380 g/mol. The number of nitrogens with one attached hydrogen (secondary N) is 3. The smallest absolute Gasteiger partial charge is 0.293 e. The van der Waals surface area contributed by atoms with Crippen LogP contribution in [-0.2, 0) is 6.54 Å². The fraction of sp³-hybridized carbons (Fsp3) is 0.0500. The zero-order chi connectivity index (χ0) is 19.9. The second kappa shape index (κ2) is 8.88. The molecule has 3 rings (SSSR count). The highest BCUT2D eigenvalue weighted by Crippen LogP contribution is 2.27. The van der Waals surface area contributed by atoms with Gasteiger partial charge >= 0.3 is 0 Å². The Morgan fingerprint density at radius 3 is 2.43 bits per heavy atom. The van der Waals surface area contributed by atoms with Crippen LogP contribution in [0.25, 0.3) is 0 Å². The monoisotopic (exact) mass is 396 g/mol. The first-order valence-corrected chi connectivity index (χ1v) is 8.79. The van der Waals surface area contributed by atoms with Crippen molar-refractivity contribution in [1.82, 2.24) is 5.43 Å². The van der Waals surface area contributed by atoms with E-state index in [1.807, 2.05) is 36.4 Å². The Morgan fingerprint density at radius 2 is 1.71 bits per heavy atom. The maximum absolute atomic E-state index is 12.3. The molecule has 0 aliphatic rings. The highest BCUT2D eigenvalue weighted by atomic mass is 35.5. The summed E-state index contributed by atoms with van der Waals surface area (Å²) in [6, 6.07) is 20.5. The largest absolute Gasteiger partial charge is 0.375 e. The average molecular weight is 397 g/mol. The first-order valence-electron chi connectivity index (χ1n) is 8.42. The van der Waals surface area contributed by atoms with Crippen LogP contribution in [0.5, 0.6) is 0 Å². The molecule has 3 aromatic carbocycles. The van der Waals surface area contributed by atoms with Gasteiger partial charge in [0, 0.05) is 23.2 Å². The van der Waals surface area contributed by atoms with E-state index in [9.17, 15) is 14.9 Å².